The Labute approximate surface area is 113 Å². The molecule has 1 aromatic carbocycles. The molecule has 1 saturated heterocycles. The molecule has 1 heterocycles. The van der Waals surface area contributed by atoms with Crippen molar-refractivity contribution < 1.29 is 14.6 Å². The molecule has 1 fully saturated rings. The maximum Gasteiger partial charge on any atom is 0.251 e. The molecule has 5 nitrogen and oxygen atoms in total. The maximum absolute atomic E-state index is 12.2. The van der Waals surface area contributed by atoms with Crippen LogP contribution < -0.4 is 10.6 Å². The van der Waals surface area contributed by atoms with E-state index >= 15 is 0 Å². The predicted molar refractivity (Wildman–Crippen MR) is 71.6 cm³/mol. The van der Waals surface area contributed by atoms with Crippen molar-refractivity contribution in [2.75, 3.05) is 26.3 Å². The van der Waals surface area contributed by atoms with Gasteiger partial charge in [0.2, 0.25) is 0 Å². The predicted octanol–water partition coefficient (Wildman–Crippen LogP) is -0.00130. The van der Waals surface area contributed by atoms with Crippen LogP contribution in [0.5, 0.6) is 0 Å². The number of nitrogens with one attached hydrogen (secondary N) is 2. The maximum atomic E-state index is 12.2. The van der Waals surface area contributed by atoms with Crippen LogP contribution in [0.3, 0.4) is 0 Å². The van der Waals surface area contributed by atoms with Crippen molar-refractivity contribution in [1.29, 1.82) is 0 Å². The highest BCUT2D eigenvalue weighted by Gasteiger charge is 2.31. The fourth-order valence-corrected chi connectivity index (χ4v) is 2.10. The van der Waals surface area contributed by atoms with Crippen molar-refractivity contribution >= 4 is 5.91 Å². The molecule has 1 aromatic rings. The number of ether oxygens (including phenoxy) is 1. The molecule has 5 heteroatoms. The van der Waals surface area contributed by atoms with Gasteiger partial charge in [0, 0.05) is 13.1 Å². The standard InChI is InChI=1S/C14H20N2O3/c1-14(10-17,11-5-3-2-4-6-11)16-13(18)12-9-15-7-8-19-12/h2-6,12,15,17H,7-10H2,1H3,(H,16,18). The third kappa shape index (κ3) is 3.32. The van der Waals surface area contributed by atoms with Crippen LogP contribution in [0.25, 0.3) is 0 Å². The molecule has 0 aromatic heterocycles. The molecule has 0 spiro atoms. The van der Waals surface area contributed by atoms with Gasteiger partial charge in [-0.1, -0.05) is 30.3 Å². The summed E-state index contributed by atoms with van der Waals surface area (Å²) in [5.74, 6) is -0.201. The topological polar surface area (TPSA) is 70.6 Å². The van der Waals surface area contributed by atoms with Gasteiger partial charge in [-0.2, -0.15) is 0 Å². The van der Waals surface area contributed by atoms with Crippen LogP contribution in [0.15, 0.2) is 30.3 Å². The zero-order chi connectivity index (χ0) is 13.7. The van der Waals surface area contributed by atoms with E-state index in [2.05, 4.69) is 10.6 Å². The summed E-state index contributed by atoms with van der Waals surface area (Å²) in [5.41, 5.74) is 0.0775. The minimum absolute atomic E-state index is 0.164. The van der Waals surface area contributed by atoms with E-state index in [9.17, 15) is 9.90 Å². The molecule has 0 radical (unpaired) electrons. The van der Waals surface area contributed by atoms with Crippen molar-refractivity contribution in [3.05, 3.63) is 35.9 Å². The van der Waals surface area contributed by atoms with Crippen LogP contribution in [0.4, 0.5) is 0 Å². The van der Waals surface area contributed by atoms with Crippen LogP contribution in [0.2, 0.25) is 0 Å². The number of rotatable bonds is 4. The molecule has 2 unspecified atom stereocenters. The molecule has 0 bridgehead atoms. The van der Waals surface area contributed by atoms with Gasteiger partial charge in [-0.15, -0.1) is 0 Å². The molecule has 0 saturated carbocycles. The summed E-state index contributed by atoms with van der Waals surface area (Å²) >= 11 is 0. The number of hydrogen-bond donors (Lipinski definition) is 3. The second-order valence-electron chi connectivity index (χ2n) is 4.91. The number of aliphatic hydroxyl groups excluding tert-OH is 1. The Morgan fingerprint density at radius 3 is 2.84 bits per heavy atom. The zero-order valence-electron chi connectivity index (χ0n) is 11.1. The highest BCUT2D eigenvalue weighted by Crippen LogP contribution is 2.20. The Morgan fingerprint density at radius 2 is 2.26 bits per heavy atom. The van der Waals surface area contributed by atoms with Gasteiger partial charge < -0.3 is 20.5 Å². The first-order valence-corrected chi connectivity index (χ1v) is 6.46. The Balaban J connectivity index is 2.07. The molecule has 1 aliphatic rings. The van der Waals surface area contributed by atoms with Crippen LogP contribution in [0.1, 0.15) is 12.5 Å². The summed E-state index contributed by atoms with van der Waals surface area (Å²) in [6.45, 7) is 3.43. The first-order valence-electron chi connectivity index (χ1n) is 6.46. The van der Waals surface area contributed by atoms with Gasteiger partial charge in [0.15, 0.2) is 0 Å². The van der Waals surface area contributed by atoms with E-state index < -0.39 is 11.6 Å². The van der Waals surface area contributed by atoms with Crippen molar-refractivity contribution in [3.8, 4) is 0 Å². The molecular weight excluding hydrogens is 244 g/mol. The van der Waals surface area contributed by atoms with E-state index in [-0.39, 0.29) is 12.5 Å². The van der Waals surface area contributed by atoms with Gasteiger partial charge in [-0.3, -0.25) is 4.79 Å². The third-order valence-electron chi connectivity index (χ3n) is 3.35. The molecule has 2 rings (SSSR count). The largest absolute Gasteiger partial charge is 0.394 e. The average Bonchev–Trinajstić information content (AvgIpc) is 2.49. The third-order valence-corrected chi connectivity index (χ3v) is 3.35. The molecule has 19 heavy (non-hydrogen) atoms. The van der Waals surface area contributed by atoms with E-state index in [0.717, 1.165) is 12.1 Å². The van der Waals surface area contributed by atoms with Crippen LogP contribution in [-0.2, 0) is 15.1 Å². The van der Waals surface area contributed by atoms with Crippen LogP contribution in [0, 0.1) is 0 Å². The SMILES string of the molecule is CC(CO)(NC(=O)C1CNCCO1)c1ccccc1. The lowest BCUT2D eigenvalue weighted by molar-refractivity contribution is -0.136. The number of benzene rings is 1. The van der Waals surface area contributed by atoms with E-state index in [1.807, 2.05) is 30.3 Å². The van der Waals surface area contributed by atoms with Crippen molar-refractivity contribution in [2.24, 2.45) is 0 Å². The highest BCUT2D eigenvalue weighted by molar-refractivity contribution is 5.82. The van der Waals surface area contributed by atoms with E-state index in [1.165, 1.54) is 0 Å². The smallest absolute Gasteiger partial charge is 0.251 e. The number of morpholine rings is 1. The molecule has 0 aliphatic carbocycles. The van der Waals surface area contributed by atoms with Gasteiger partial charge in [-0.25, -0.2) is 0 Å². The Kier molecular flexibility index (Phi) is 4.52. The summed E-state index contributed by atoms with van der Waals surface area (Å²) in [6, 6.07) is 9.44. The normalized spacial score (nSPS) is 22.5. The fourth-order valence-electron chi connectivity index (χ4n) is 2.10. The fraction of sp³-hybridized carbons (Fsp3) is 0.500. The number of hydrogen-bond acceptors (Lipinski definition) is 4. The zero-order valence-corrected chi connectivity index (χ0v) is 11.1. The van der Waals surface area contributed by atoms with Crippen molar-refractivity contribution in [2.45, 2.75) is 18.6 Å². The van der Waals surface area contributed by atoms with Gasteiger partial charge in [0.1, 0.15) is 6.10 Å². The summed E-state index contributed by atoms with van der Waals surface area (Å²) in [7, 11) is 0. The lowest BCUT2D eigenvalue weighted by Gasteiger charge is -2.32. The molecule has 3 N–H and O–H groups in total. The molecule has 1 aliphatic heterocycles. The molecular formula is C14H20N2O3. The van der Waals surface area contributed by atoms with Crippen molar-refractivity contribution in [3.63, 3.8) is 0 Å². The first-order chi connectivity index (χ1) is 9.15. The first kappa shape index (κ1) is 14.0. The minimum atomic E-state index is -0.793. The van der Waals surface area contributed by atoms with Gasteiger partial charge in [0.25, 0.3) is 5.91 Å². The van der Waals surface area contributed by atoms with Crippen molar-refractivity contribution in [1.82, 2.24) is 10.6 Å². The van der Waals surface area contributed by atoms with E-state index in [0.29, 0.717) is 13.2 Å². The molecule has 1 amide bonds. The number of carbonyl (C=O) groups is 1. The van der Waals surface area contributed by atoms with Gasteiger partial charge in [0.05, 0.1) is 18.8 Å². The summed E-state index contributed by atoms with van der Waals surface area (Å²) in [6.07, 6.45) is -0.497. The van der Waals surface area contributed by atoms with Gasteiger partial charge in [-0.05, 0) is 12.5 Å². The highest BCUT2D eigenvalue weighted by atomic mass is 16.5. The number of aliphatic hydroxyl groups is 1. The molecule has 104 valence electrons. The summed E-state index contributed by atoms with van der Waals surface area (Å²) in [4.78, 5) is 12.2. The van der Waals surface area contributed by atoms with Gasteiger partial charge >= 0.3 is 0 Å². The lowest BCUT2D eigenvalue weighted by atomic mass is 9.92. The van der Waals surface area contributed by atoms with Crippen LogP contribution >= 0.6 is 0 Å². The Bertz CT molecular complexity index is 418. The Hall–Kier alpha value is -1.43. The Morgan fingerprint density at radius 1 is 1.53 bits per heavy atom. The van der Waals surface area contributed by atoms with E-state index in [1.54, 1.807) is 6.92 Å². The second kappa shape index (κ2) is 6.14. The monoisotopic (exact) mass is 264 g/mol. The quantitative estimate of drug-likeness (QED) is 0.716. The van der Waals surface area contributed by atoms with Crippen LogP contribution in [-0.4, -0.2) is 43.4 Å². The lowest BCUT2D eigenvalue weighted by Crippen LogP contribution is -2.54. The van der Waals surface area contributed by atoms with E-state index in [4.69, 9.17) is 4.74 Å². The second-order valence-corrected chi connectivity index (χ2v) is 4.91. The summed E-state index contributed by atoms with van der Waals surface area (Å²) < 4.78 is 5.41. The number of amides is 1. The average molecular weight is 264 g/mol. The summed E-state index contributed by atoms with van der Waals surface area (Å²) in [5, 5.41) is 15.6. The molecule has 2 atom stereocenters. The number of carbonyl (C=O) groups excluding carboxylic acids is 1. The minimum Gasteiger partial charge on any atom is -0.394 e.